The molecule has 0 N–H and O–H groups in total. The first-order valence-electron chi connectivity index (χ1n) is 10.3. The number of hydrogen-bond acceptors (Lipinski definition) is 8. The van der Waals surface area contributed by atoms with Gasteiger partial charge in [-0.15, -0.1) is 10.2 Å². The van der Waals surface area contributed by atoms with Gasteiger partial charge in [0.25, 0.3) is 0 Å². The highest BCUT2D eigenvalue weighted by atomic mass is 32.2. The zero-order valence-electron chi connectivity index (χ0n) is 18.1. The molecular formula is C21H26N6O3S. The molecule has 164 valence electrons. The molecule has 0 unspecified atom stereocenters. The standard InChI is InChI=1S/C21H26N6O3S/c1-13-10-22-20(23-11-13)14(2)15(3)31(28,29)12-18-25-26-21(27(18)16-8-9-16)17-6-5-7-19(24-17)30-4/h5-7,10-11,14-16H,8-9,12H2,1-4H3/t14-,15-/m0/s1. The zero-order chi connectivity index (χ0) is 22.2. The fourth-order valence-electron chi connectivity index (χ4n) is 3.44. The lowest BCUT2D eigenvalue weighted by Crippen LogP contribution is -2.27. The van der Waals surface area contributed by atoms with Crippen LogP contribution in [0.15, 0.2) is 30.6 Å². The predicted molar refractivity (Wildman–Crippen MR) is 115 cm³/mol. The molecule has 10 heteroatoms. The normalized spacial score (nSPS) is 16.1. The molecule has 3 aromatic rings. The minimum atomic E-state index is -3.53. The highest BCUT2D eigenvalue weighted by molar-refractivity contribution is 7.91. The Labute approximate surface area is 181 Å². The summed E-state index contributed by atoms with van der Waals surface area (Å²) in [7, 11) is -1.98. The summed E-state index contributed by atoms with van der Waals surface area (Å²) in [5.41, 5.74) is 1.54. The molecule has 0 aliphatic heterocycles. The maximum Gasteiger partial charge on any atom is 0.213 e. The molecule has 0 bridgehead atoms. The third-order valence-corrected chi connectivity index (χ3v) is 7.85. The second-order valence-electron chi connectivity index (χ2n) is 8.03. The molecule has 0 radical (unpaired) electrons. The van der Waals surface area contributed by atoms with Crippen molar-refractivity contribution < 1.29 is 13.2 Å². The van der Waals surface area contributed by atoms with Crippen LogP contribution in [0.2, 0.25) is 0 Å². The number of hydrogen-bond donors (Lipinski definition) is 0. The summed E-state index contributed by atoms with van der Waals surface area (Å²) in [5, 5.41) is 7.86. The monoisotopic (exact) mass is 442 g/mol. The first kappa shape index (κ1) is 21.4. The third kappa shape index (κ3) is 4.43. The average Bonchev–Trinajstić information content (AvgIpc) is 3.53. The molecule has 1 saturated carbocycles. The molecular weight excluding hydrogens is 416 g/mol. The minimum Gasteiger partial charge on any atom is -0.481 e. The van der Waals surface area contributed by atoms with E-state index in [0.717, 1.165) is 18.4 Å². The first-order chi connectivity index (χ1) is 14.8. The summed E-state index contributed by atoms with van der Waals surface area (Å²) in [4.78, 5) is 13.1. The molecule has 9 nitrogen and oxygen atoms in total. The molecule has 0 spiro atoms. The van der Waals surface area contributed by atoms with E-state index < -0.39 is 15.1 Å². The van der Waals surface area contributed by atoms with E-state index in [2.05, 4.69) is 25.1 Å². The van der Waals surface area contributed by atoms with Crippen molar-refractivity contribution in [3.05, 3.63) is 47.8 Å². The first-order valence-corrected chi connectivity index (χ1v) is 12.0. The third-order valence-electron chi connectivity index (χ3n) is 5.65. The maximum atomic E-state index is 13.3. The number of pyridine rings is 1. The number of methoxy groups -OCH3 is 1. The van der Waals surface area contributed by atoms with Gasteiger partial charge in [-0.2, -0.15) is 0 Å². The van der Waals surface area contributed by atoms with E-state index in [4.69, 9.17) is 4.74 Å². The number of aryl methyl sites for hydroxylation is 1. The van der Waals surface area contributed by atoms with Crippen molar-refractivity contribution in [2.45, 2.75) is 56.6 Å². The highest BCUT2D eigenvalue weighted by Crippen LogP contribution is 2.39. The largest absolute Gasteiger partial charge is 0.481 e. The Hall–Kier alpha value is -2.88. The molecule has 4 rings (SSSR count). The van der Waals surface area contributed by atoms with E-state index in [1.165, 1.54) is 0 Å². The van der Waals surface area contributed by atoms with Crippen LogP contribution in [0.1, 0.15) is 55.9 Å². The summed E-state index contributed by atoms with van der Waals surface area (Å²) >= 11 is 0. The van der Waals surface area contributed by atoms with E-state index in [1.54, 1.807) is 32.5 Å². The van der Waals surface area contributed by atoms with Crippen LogP contribution in [0.5, 0.6) is 5.88 Å². The van der Waals surface area contributed by atoms with E-state index >= 15 is 0 Å². The summed E-state index contributed by atoms with van der Waals surface area (Å²) in [6.07, 6.45) is 5.33. The lowest BCUT2D eigenvalue weighted by Gasteiger charge is -2.19. The molecule has 1 fully saturated rings. The van der Waals surface area contributed by atoms with Crippen molar-refractivity contribution in [3.8, 4) is 17.4 Å². The summed E-state index contributed by atoms with van der Waals surface area (Å²) in [5.74, 6) is 1.45. The zero-order valence-corrected chi connectivity index (χ0v) is 18.9. The van der Waals surface area contributed by atoms with E-state index in [9.17, 15) is 8.42 Å². The lowest BCUT2D eigenvalue weighted by atomic mass is 10.1. The van der Waals surface area contributed by atoms with Crippen molar-refractivity contribution >= 4 is 9.84 Å². The Morgan fingerprint density at radius 1 is 1.16 bits per heavy atom. The lowest BCUT2D eigenvalue weighted by molar-refractivity contribution is 0.398. The van der Waals surface area contributed by atoms with Gasteiger partial charge in [-0.1, -0.05) is 13.0 Å². The van der Waals surface area contributed by atoms with Gasteiger partial charge in [-0.3, -0.25) is 0 Å². The van der Waals surface area contributed by atoms with Crippen LogP contribution in [0.4, 0.5) is 0 Å². The van der Waals surface area contributed by atoms with Crippen molar-refractivity contribution in [1.29, 1.82) is 0 Å². The maximum absolute atomic E-state index is 13.3. The van der Waals surface area contributed by atoms with Gasteiger partial charge in [0.05, 0.1) is 12.4 Å². The van der Waals surface area contributed by atoms with E-state index in [-0.39, 0.29) is 17.7 Å². The molecule has 2 atom stereocenters. The van der Waals surface area contributed by atoms with Crippen molar-refractivity contribution in [2.24, 2.45) is 0 Å². The Bertz CT molecular complexity index is 1170. The molecule has 1 aliphatic carbocycles. The van der Waals surface area contributed by atoms with Crippen LogP contribution in [-0.4, -0.2) is 50.5 Å². The van der Waals surface area contributed by atoms with Crippen molar-refractivity contribution in [3.63, 3.8) is 0 Å². The molecule has 3 aromatic heterocycles. The topological polar surface area (TPSA) is 113 Å². The molecule has 0 saturated heterocycles. The van der Waals surface area contributed by atoms with E-state index in [1.807, 2.05) is 30.5 Å². The van der Waals surface area contributed by atoms with Gasteiger partial charge in [0.1, 0.15) is 23.1 Å². The SMILES string of the molecule is COc1cccc(-c2nnc(CS(=O)(=O)[C@@H](C)[C@H](C)c3ncc(C)cn3)n2C2CC2)n1. The Morgan fingerprint density at radius 3 is 2.52 bits per heavy atom. The fraction of sp³-hybridized carbons (Fsp3) is 0.476. The molecule has 0 amide bonds. The summed E-state index contributed by atoms with van der Waals surface area (Å²) in [6, 6.07) is 5.59. The van der Waals surface area contributed by atoms with Gasteiger partial charge < -0.3 is 9.30 Å². The predicted octanol–water partition coefficient (Wildman–Crippen LogP) is 2.89. The minimum absolute atomic E-state index is 0.191. The second kappa shape index (κ2) is 8.33. The van der Waals surface area contributed by atoms with Crippen LogP contribution >= 0.6 is 0 Å². The van der Waals surface area contributed by atoms with Gasteiger partial charge in [0, 0.05) is 30.4 Å². The van der Waals surface area contributed by atoms with E-state index in [0.29, 0.717) is 29.0 Å². The number of ether oxygens (including phenoxy) is 1. The molecule has 0 aromatic carbocycles. The van der Waals surface area contributed by atoms with Gasteiger partial charge in [-0.25, -0.2) is 23.4 Å². The number of aromatic nitrogens is 6. The Balaban J connectivity index is 1.62. The number of sulfone groups is 1. The summed E-state index contributed by atoms with van der Waals surface area (Å²) < 4.78 is 33.6. The Kier molecular flexibility index (Phi) is 5.74. The van der Waals surface area contributed by atoms with Crippen molar-refractivity contribution in [1.82, 2.24) is 29.7 Å². The Morgan fingerprint density at radius 2 is 1.87 bits per heavy atom. The van der Waals surface area contributed by atoms with Crippen LogP contribution in [0, 0.1) is 6.92 Å². The van der Waals surface area contributed by atoms with Crippen LogP contribution in [-0.2, 0) is 15.6 Å². The average molecular weight is 443 g/mol. The van der Waals surface area contributed by atoms with Gasteiger partial charge >= 0.3 is 0 Å². The van der Waals surface area contributed by atoms with Gasteiger partial charge in [0.15, 0.2) is 15.7 Å². The smallest absolute Gasteiger partial charge is 0.213 e. The van der Waals surface area contributed by atoms with Crippen molar-refractivity contribution in [2.75, 3.05) is 7.11 Å². The second-order valence-corrected chi connectivity index (χ2v) is 10.4. The number of rotatable bonds is 8. The quantitative estimate of drug-likeness (QED) is 0.523. The van der Waals surface area contributed by atoms with Crippen LogP contribution in [0.25, 0.3) is 11.5 Å². The van der Waals surface area contributed by atoms with Gasteiger partial charge in [-0.05, 0) is 38.3 Å². The molecule has 1 aliphatic rings. The number of nitrogens with zero attached hydrogens (tertiary/aromatic N) is 6. The molecule has 31 heavy (non-hydrogen) atoms. The van der Waals surface area contributed by atoms with Crippen LogP contribution in [0.3, 0.4) is 0 Å². The van der Waals surface area contributed by atoms with Crippen LogP contribution < -0.4 is 4.74 Å². The molecule has 3 heterocycles. The summed E-state index contributed by atoms with van der Waals surface area (Å²) in [6.45, 7) is 5.43. The van der Waals surface area contributed by atoms with Gasteiger partial charge in [0.2, 0.25) is 5.88 Å². The highest BCUT2D eigenvalue weighted by Gasteiger charge is 2.35. The fourth-order valence-corrected chi connectivity index (χ4v) is 5.00.